The van der Waals surface area contributed by atoms with Crippen LogP contribution in [-0.4, -0.2) is 6.04 Å². The molecule has 1 aromatic carbocycles. The van der Waals surface area contributed by atoms with E-state index >= 15 is 0 Å². The highest BCUT2D eigenvalue weighted by atomic mass is 14.7. The van der Waals surface area contributed by atoms with Gasteiger partial charge in [0, 0.05) is 6.04 Å². The predicted molar refractivity (Wildman–Crippen MR) is 102 cm³/mol. The molecule has 0 radical (unpaired) electrons. The molecule has 1 aliphatic rings. The van der Waals surface area contributed by atoms with Crippen molar-refractivity contribution in [2.45, 2.75) is 92.0 Å². The number of aryl methyl sites for hydroxylation is 2. The van der Waals surface area contributed by atoms with Crippen LogP contribution < -0.4 is 5.73 Å². The third-order valence-corrected chi connectivity index (χ3v) is 6.33. The highest BCUT2D eigenvalue weighted by Crippen LogP contribution is 2.50. The molecule has 0 amide bonds. The maximum Gasteiger partial charge on any atom is 0.00854 e. The van der Waals surface area contributed by atoms with Crippen LogP contribution in [0.4, 0.5) is 0 Å². The summed E-state index contributed by atoms with van der Waals surface area (Å²) in [5, 5.41) is 0. The summed E-state index contributed by atoms with van der Waals surface area (Å²) < 4.78 is 0. The minimum absolute atomic E-state index is 0.305. The summed E-state index contributed by atoms with van der Waals surface area (Å²) in [6.45, 7) is 14.3. The van der Waals surface area contributed by atoms with Gasteiger partial charge in [-0.1, -0.05) is 66.0 Å². The smallest absolute Gasteiger partial charge is 0.00854 e. The van der Waals surface area contributed by atoms with Crippen LogP contribution in [0.3, 0.4) is 0 Å². The van der Waals surface area contributed by atoms with Crippen molar-refractivity contribution in [2.75, 3.05) is 0 Å². The minimum Gasteiger partial charge on any atom is -0.327 e. The van der Waals surface area contributed by atoms with Crippen LogP contribution in [0.1, 0.15) is 88.5 Å². The number of fused-ring (bicyclic) bond motifs is 1. The SMILES string of the molecule is CCCc1cc(C)c2c(c1)C[C@@H](N)CC2C(C)(C)[C@@H](C)CCC. The largest absolute Gasteiger partial charge is 0.327 e. The normalized spacial score (nSPS) is 22.7. The fourth-order valence-electron chi connectivity index (χ4n) is 4.66. The van der Waals surface area contributed by atoms with Crippen molar-refractivity contribution in [3.63, 3.8) is 0 Å². The molecule has 0 bridgehead atoms. The number of rotatable bonds is 6. The Labute approximate surface area is 144 Å². The summed E-state index contributed by atoms with van der Waals surface area (Å²) in [5.41, 5.74) is 12.9. The Kier molecular flexibility index (Phi) is 5.94. The Morgan fingerprint density at radius 2 is 1.91 bits per heavy atom. The molecule has 0 heterocycles. The van der Waals surface area contributed by atoms with E-state index in [-0.39, 0.29) is 0 Å². The Bertz CT molecular complexity index is 529. The highest BCUT2D eigenvalue weighted by Gasteiger charge is 2.40. The lowest BCUT2D eigenvalue weighted by molar-refractivity contribution is 0.149. The Morgan fingerprint density at radius 1 is 1.22 bits per heavy atom. The third kappa shape index (κ3) is 3.82. The molecule has 1 aliphatic carbocycles. The van der Waals surface area contributed by atoms with E-state index in [4.69, 9.17) is 5.73 Å². The number of hydrogen-bond donors (Lipinski definition) is 1. The highest BCUT2D eigenvalue weighted by molar-refractivity contribution is 5.44. The summed E-state index contributed by atoms with van der Waals surface area (Å²) in [5.74, 6) is 1.32. The monoisotopic (exact) mass is 315 g/mol. The van der Waals surface area contributed by atoms with Crippen LogP contribution in [0.15, 0.2) is 12.1 Å². The molecule has 1 aromatic rings. The zero-order valence-corrected chi connectivity index (χ0v) is 16.2. The van der Waals surface area contributed by atoms with E-state index in [0.29, 0.717) is 17.4 Å². The van der Waals surface area contributed by atoms with Gasteiger partial charge < -0.3 is 5.73 Å². The summed E-state index contributed by atoms with van der Waals surface area (Å²) in [7, 11) is 0. The average Bonchev–Trinajstić information content (AvgIpc) is 2.46. The molecule has 0 aromatic heterocycles. The van der Waals surface area contributed by atoms with Crippen LogP contribution in [0.25, 0.3) is 0 Å². The van der Waals surface area contributed by atoms with Crippen molar-refractivity contribution >= 4 is 0 Å². The molecule has 0 aliphatic heterocycles. The van der Waals surface area contributed by atoms with Gasteiger partial charge in [-0.05, 0) is 65.7 Å². The first kappa shape index (κ1) is 18.5. The maximum atomic E-state index is 6.48. The van der Waals surface area contributed by atoms with Crippen molar-refractivity contribution < 1.29 is 0 Å². The molecular weight excluding hydrogens is 278 g/mol. The molecule has 1 unspecified atom stereocenters. The first-order valence-corrected chi connectivity index (χ1v) is 9.69. The fourth-order valence-corrected chi connectivity index (χ4v) is 4.66. The fraction of sp³-hybridized carbons (Fsp3) is 0.727. The van der Waals surface area contributed by atoms with Gasteiger partial charge in [-0.15, -0.1) is 0 Å². The molecule has 2 N–H and O–H groups in total. The van der Waals surface area contributed by atoms with Gasteiger partial charge in [-0.2, -0.15) is 0 Å². The minimum atomic E-state index is 0.305. The predicted octanol–water partition coefficient (Wildman–Crippen LogP) is 5.77. The molecule has 130 valence electrons. The van der Waals surface area contributed by atoms with Crippen molar-refractivity contribution in [1.29, 1.82) is 0 Å². The van der Waals surface area contributed by atoms with Crippen LogP contribution in [-0.2, 0) is 12.8 Å². The van der Waals surface area contributed by atoms with E-state index in [1.165, 1.54) is 42.4 Å². The summed E-state index contributed by atoms with van der Waals surface area (Å²) in [6.07, 6.45) is 7.17. The molecule has 2 rings (SSSR count). The second-order valence-electron chi connectivity index (χ2n) is 8.50. The first-order chi connectivity index (χ1) is 10.8. The van der Waals surface area contributed by atoms with Gasteiger partial charge in [-0.25, -0.2) is 0 Å². The van der Waals surface area contributed by atoms with Crippen molar-refractivity contribution in [3.8, 4) is 0 Å². The molecule has 0 saturated carbocycles. The quantitative estimate of drug-likeness (QED) is 0.709. The second kappa shape index (κ2) is 7.38. The topological polar surface area (TPSA) is 26.0 Å². The lowest BCUT2D eigenvalue weighted by Gasteiger charge is -2.45. The standard InChI is InChI=1S/C22H37N/c1-7-9-16(4)22(5,6)20-14-19(23)13-18-12-17(10-8-2)11-15(3)21(18)20/h11-12,16,19-20H,7-10,13-14,23H2,1-6H3/t16-,19+,20?/m0/s1. The van der Waals surface area contributed by atoms with Crippen molar-refractivity contribution in [3.05, 3.63) is 34.4 Å². The van der Waals surface area contributed by atoms with E-state index in [0.717, 1.165) is 18.8 Å². The molecule has 1 heteroatoms. The molecule has 0 spiro atoms. The number of nitrogens with two attached hydrogens (primary N) is 1. The summed E-state index contributed by atoms with van der Waals surface area (Å²) >= 11 is 0. The van der Waals surface area contributed by atoms with Crippen LogP contribution in [0.5, 0.6) is 0 Å². The Hall–Kier alpha value is -0.820. The molecule has 3 atom stereocenters. The van der Waals surface area contributed by atoms with E-state index in [9.17, 15) is 0 Å². The van der Waals surface area contributed by atoms with Gasteiger partial charge in [-0.3, -0.25) is 0 Å². The van der Waals surface area contributed by atoms with Gasteiger partial charge >= 0.3 is 0 Å². The van der Waals surface area contributed by atoms with Gasteiger partial charge in [0.25, 0.3) is 0 Å². The van der Waals surface area contributed by atoms with Crippen molar-refractivity contribution in [2.24, 2.45) is 17.1 Å². The Morgan fingerprint density at radius 3 is 2.52 bits per heavy atom. The van der Waals surface area contributed by atoms with Gasteiger partial charge in [0.05, 0.1) is 0 Å². The van der Waals surface area contributed by atoms with E-state index < -0.39 is 0 Å². The van der Waals surface area contributed by atoms with Crippen molar-refractivity contribution in [1.82, 2.24) is 0 Å². The first-order valence-electron chi connectivity index (χ1n) is 9.69. The van der Waals surface area contributed by atoms with Crippen LogP contribution in [0.2, 0.25) is 0 Å². The maximum absolute atomic E-state index is 6.48. The van der Waals surface area contributed by atoms with Gasteiger partial charge in [0.1, 0.15) is 0 Å². The lowest BCUT2D eigenvalue weighted by Crippen LogP contribution is -2.39. The van der Waals surface area contributed by atoms with E-state index in [2.05, 4.69) is 53.7 Å². The summed E-state index contributed by atoms with van der Waals surface area (Å²) in [6, 6.07) is 5.21. The third-order valence-electron chi connectivity index (χ3n) is 6.33. The number of hydrogen-bond acceptors (Lipinski definition) is 1. The average molecular weight is 316 g/mol. The number of benzene rings is 1. The van der Waals surface area contributed by atoms with E-state index in [1.807, 2.05) is 0 Å². The molecule has 0 fully saturated rings. The molecule has 23 heavy (non-hydrogen) atoms. The van der Waals surface area contributed by atoms with Crippen LogP contribution >= 0.6 is 0 Å². The van der Waals surface area contributed by atoms with Gasteiger partial charge in [0.15, 0.2) is 0 Å². The lowest BCUT2D eigenvalue weighted by atomic mass is 9.60. The molecule has 1 nitrogen and oxygen atoms in total. The van der Waals surface area contributed by atoms with Gasteiger partial charge in [0.2, 0.25) is 0 Å². The molecule has 0 saturated heterocycles. The van der Waals surface area contributed by atoms with Crippen LogP contribution in [0, 0.1) is 18.3 Å². The second-order valence-corrected chi connectivity index (χ2v) is 8.50. The Balaban J connectivity index is 2.45. The zero-order valence-electron chi connectivity index (χ0n) is 16.2. The summed E-state index contributed by atoms with van der Waals surface area (Å²) in [4.78, 5) is 0. The van der Waals surface area contributed by atoms with E-state index in [1.54, 1.807) is 5.56 Å². The molecular formula is C22H37N. The zero-order chi connectivity index (χ0) is 17.2.